The van der Waals surface area contributed by atoms with Gasteiger partial charge in [-0.15, -0.1) is 11.3 Å². The van der Waals surface area contributed by atoms with Gasteiger partial charge in [0.15, 0.2) is 0 Å². The molecule has 55 heavy (non-hydrogen) atoms. The van der Waals surface area contributed by atoms with Crippen LogP contribution in [0.1, 0.15) is 22.3 Å². The van der Waals surface area contributed by atoms with Crippen molar-refractivity contribution in [1.82, 2.24) is 0 Å². The molecule has 12 rings (SSSR count). The molecule has 10 aromatic rings. The van der Waals surface area contributed by atoms with E-state index in [1.54, 1.807) is 0 Å². The van der Waals surface area contributed by atoms with E-state index in [1.807, 2.05) is 11.3 Å². The Labute approximate surface area is 323 Å². The first kappa shape index (κ1) is 30.7. The van der Waals surface area contributed by atoms with Crippen LogP contribution in [-0.4, -0.2) is 0 Å². The lowest BCUT2D eigenvalue weighted by atomic mass is 9.67. The molecule has 256 valence electrons. The van der Waals surface area contributed by atoms with Crippen LogP contribution in [-0.2, 0) is 5.41 Å². The zero-order chi connectivity index (χ0) is 36.1. The molecule has 2 aliphatic rings. The summed E-state index contributed by atoms with van der Waals surface area (Å²) < 4.78 is 9.39. The van der Waals surface area contributed by atoms with Gasteiger partial charge in [0.05, 0.1) is 5.41 Å². The van der Waals surface area contributed by atoms with Gasteiger partial charge in [0.25, 0.3) is 0 Å². The standard InChI is InChI=1S/C53H32OS/c1-3-13-35(14-4-1)53(36-15-5-2-6-16-36)45-22-9-7-18-42(45)51-39(21-12-23-46(51)53)37-27-29-48-52-40(37)19-11-20-41(52)43-31-33(25-28-47(43)54-48)34-26-30-50-44(32-34)38-17-8-10-24-49(38)55-50/h1-32H. The summed E-state index contributed by atoms with van der Waals surface area (Å²) in [5, 5.41) is 4.98. The van der Waals surface area contributed by atoms with Gasteiger partial charge >= 0.3 is 0 Å². The lowest BCUT2D eigenvalue weighted by Gasteiger charge is -2.34. The summed E-state index contributed by atoms with van der Waals surface area (Å²) in [5.41, 5.74) is 14.5. The highest BCUT2D eigenvalue weighted by Crippen LogP contribution is 2.59. The van der Waals surface area contributed by atoms with Gasteiger partial charge in [-0.25, -0.2) is 0 Å². The summed E-state index contributed by atoms with van der Waals surface area (Å²) >= 11 is 1.86. The number of fused-ring (bicyclic) bond motifs is 8. The van der Waals surface area contributed by atoms with Crippen molar-refractivity contribution in [1.29, 1.82) is 0 Å². The van der Waals surface area contributed by atoms with Gasteiger partial charge in [-0.3, -0.25) is 0 Å². The van der Waals surface area contributed by atoms with Crippen molar-refractivity contribution in [2.75, 3.05) is 0 Å². The van der Waals surface area contributed by atoms with E-state index in [-0.39, 0.29) is 0 Å². The summed E-state index contributed by atoms with van der Waals surface area (Å²) in [7, 11) is 0. The van der Waals surface area contributed by atoms with Crippen LogP contribution in [0.5, 0.6) is 11.5 Å². The van der Waals surface area contributed by atoms with E-state index >= 15 is 0 Å². The molecule has 1 nitrogen and oxygen atoms in total. The van der Waals surface area contributed by atoms with E-state index in [2.05, 4.69) is 194 Å². The van der Waals surface area contributed by atoms with Gasteiger partial charge in [-0.05, 0) is 103 Å². The molecule has 2 heteroatoms. The molecular weight excluding hydrogens is 685 g/mol. The molecule has 0 radical (unpaired) electrons. The summed E-state index contributed by atoms with van der Waals surface area (Å²) in [4.78, 5) is 0. The Bertz CT molecular complexity index is 3130. The fourth-order valence-corrected chi connectivity index (χ4v) is 10.8. The van der Waals surface area contributed by atoms with Gasteiger partial charge in [0, 0.05) is 31.1 Å². The summed E-state index contributed by atoms with van der Waals surface area (Å²) in [6.07, 6.45) is 0. The first-order chi connectivity index (χ1) is 27.3. The number of benzene rings is 9. The number of hydrogen-bond donors (Lipinski definition) is 0. The normalized spacial score (nSPS) is 13.4. The lowest BCUT2D eigenvalue weighted by molar-refractivity contribution is 0.487. The topological polar surface area (TPSA) is 9.23 Å². The van der Waals surface area contributed by atoms with Crippen LogP contribution >= 0.6 is 11.3 Å². The van der Waals surface area contributed by atoms with Crippen LogP contribution in [0.4, 0.5) is 0 Å². The highest BCUT2D eigenvalue weighted by molar-refractivity contribution is 7.25. The molecule has 1 aliphatic heterocycles. The first-order valence-electron chi connectivity index (χ1n) is 18.9. The van der Waals surface area contributed by atoms with Crippen molar-refractivity contribution in [3.05, 3.63) is 216 Å². The Morgan fingerprint density at radius 3 is 1.84 bits per heavy atom. The predicted molar refractivity (Wildman–Crippen MR) is 231 cm³/mol. The summed E-state index contributed by atoms with van der Waals surface area (Å²) in [6, 6.07) is 71.4. The Balaban J connectivity index is 1.06. The Morgan fingerprint density at radius 2 is 0.982 bits per heavy atom. The van der Waals surface area contributed by atoms with Crippen LogP contribution < -0.4 is 4.74 Å². The van der Waals surface area contributed by atoms with E-state index in [9.17, 15) is 0 Å². The van der Waals surface area contributed by atoms with Gasteiger partial charge in [0.2, 0.25) is 0 Å². The molecule has 0 fully saturated rings. The smallest absolute Gasteiger partial charge is 0.135 e. The second kappa shape index (κ2) is 11.6. The Kier molecular flexibility index (Phi) is 6.49. The number of hydrogen-bond acceptors (Lipinski definition) is 2. The van der Waals surface area contributed by atoms with Crippen molar-refractivity contribution >= 4 is 42.3 Å². The molecule has 0 amide bonds. The van der Waals surface area contributed by atoms with Crippen molar-refractivity contribution in [2.24, 2.45) is 0 Å². The van der Waals surface area contributed by atoms with Crippen LogP contribution in [0, 0.1) is 0 Å². The quantitative estimate of drug-likeness (QED) is 0.176. The minimum absolute atomic E-state index is 0.451. The molecule has 1 aliphatic carbocycles. The maximum absolute atomic E-state index is 6.75. The fourth-order valence-electron chi connectivity index (χ4n) is 9.67. The van der Waals surface area contributed by atoms with Crippen molar-refractivity contribution in [2.45, 2.75) is 5.41 Å². The van der Waals surface area contributed by atoms with Gasteiger partial charge < -0.3 is 4.74 Å². The molecule has 0 N–H and O–H groups in total. The molecule has 0 bridgehead atoms. The highest BCUT2D eigenvalue weighted by atomic mass is 32.1. The Hall–Kier alpha value is -6.74. The molecule has 0 spiro atoms. The van der Waals surface area contributed by atoms with Crippen LogP contribution in [0.3, 0.4) is 0 Å². The third-order valence-electron chi connectivity index (χ3n) is 12.0. The fraction of sp³-hybridized carbons (Fsp3) is 0.0189. The zero-order valence-corrected chi connectivity index (χ0v) is 30.6. The summed E-state index contributed by atoms with van der Waals surface area (Å²) in [6.45, 7) is 0. The average molecular weight is 717 g/mol. The van der Waals surface area contributed by atoms with Gasteiger partial charge in [0.1, 0.15) is 11.5 Å². The van der Waals surface area contributed by atoms with Crippen LogP contribution in [0.15, 0.2) is 194 Å². The average Bonchev–Trinajstić information content (AvgIpc) is 3.78. The lowest BCUT2D eigenvalue weighted by Crippen LogP contribution is -2.28. The number of thiophene rings is 1. The van der Waals surface area contributed by atoms with E-state index in [4.69, 9.17) is 4.74 Å². The van der Waals surface area contributed by atoms with Crippen LogP contribution in [0.2, 0.25) is 0 Å². The largest absolute Gasteiger partial charge is 0.456 e. The molecule has 0 atom stereocenters. The molecule has 1 aromatic heterocycles. The molecule has 0 saturated carbocycles. The molecule has 0 saturated heterocycles. The zero-order valence-electron chi connectivity index (χ0n) is 29.8. The SMILES string of the molecule is c1ccc(C2(c3ccccc3)c3ccccc3-c3c(-c4ccc5c6c(cccc46)-c4cc(-c6ccc7sc8ccccc8c7c6)ccc4O5)cccc32)cc1. The third-order valence-corrected chi connectivity index (χ3v) is 13.1. The number of rotatable bonds is 4. The second-order valence-electron chi connectivity index (χ2n) is 14.7. The first-order valence-corrected chi connectivity index (χ1v) is 19.7. The molecule has 9 aromatic carbocycles. The molecule has 0 unspecified atom stereocenters. The van der Waals surface area contributed by atoms with Gasteiger partial charge in [-0.2, -0.15) is 0 Å². The van der Waals surface area contributed by atoms with Crippen molar-refractivity contribution in [3.63, 3.8) is 0 Å². The van der Waals surface area contributed by atoms with E-state index < -0.39 is 5.41 Å². The molecular formula is C53H32OS. The third kappa shape index (κ3) is 4.29. The summed E-state index contributed by atoms with van der Waals surface area (Å²) in [5.74, 6) is 1.79. The van der Waals surface area contributed by atoms with E-state index in [1.165, 1.54) is 86.8 Å². The number of ether oxygens (including phenoxy) is 1. The molecule has 2 heterocycles. The Morgan fingerprint density at radius 1 is 0.364 bits per heavy atom. The van der Waals surface area contributed by atoms with Crippen molar-refractivity contribution in [3.8, 4) is 56.0 Å². The minimum atomic E-state index is -0.451. The van der Waals surface area contributed by atoms with Crippen LogP contribution in [0.25, 0.3) is 75.5 Å². The van der Waals surface area contributed by atoms with Gasteiger partial charge in [-0.1, -0.05) is 158 Å². The monoisotopic (exact) mass is 716 g/mol. The maximum atomic E-state index is 6.75. The maximum Gasteiger partial charge on any atom is 0.135 e. The predicted octanol–water partition coefficient (Wildman–Crippen LogP) is 14.7. The second-order valence-corrected chi connectivity index (χ2v) is 15.8. The van der Waals surface area contributed by atoms with E-state index in [0.717, 1.165) is 22.4 Å². The van der Waals surface area contributed by atoms with E-state index in [0.29, 0.717) is 0 Å². The highest BCUT2D eigenvalue weighted by Gasteiger charge is 2.46. The van der Waals surface area contributed by atoms with Crippen molar-refractivity contribution < 1.29 is 4.74 Å². The minimum Gasteiger partial charge on any atom is -0.456 e.